The summed E-state index contributed by atoms with van der Waals surface area (Å²) in [5.41, 5.74) is 3.90. The Morgan fingerprint density at radius 3 is 2.55 bits per heavy atom. The molecule has 2 aromatic heterocycles. The molecule has 2 heterocycles. The number of aromatic nitrogens is 2. The SMILES string of the molecule is CNc1cc(-c2cccnc2Oc2cc(C(=O)Nc3ccccc3)ccc2C)ccn1. The summed E-state index contributed by atoms with van der Waals surface area (Å²) in [6.07, 6.45) is 3.41. The highest BCUT2D eigenvalue weighted by Gasteiger charge is 2.14. The minimum absolute atomic E-state index is 0.204. The van der Waals surface area contributed by atoms with Gasteiger partial charge in [0.05, 0.1) is 0 Å². The fourth-order valence-electron chi connectivity index (χ4n) is 3.11. The number of carbonyl (C=O) groups excluding carboxylic acids is 1. The molecule has 2 N–H and O–H groups in total. The lowest BCUT2D eigenvalue weighted by molar-refractivity contribution is 0.102. The van der Waals surface area contributed by atoms with Crippen LogP contribution in [0, 0.1) is 6.92 Å². The Labute approximate surface area is 181 Å². The van der Waals surface area contributed by atoms with Crippen molar-refractivity contribution in [3.05, 3.63) is 96.3 Å². The molecule has 0 aliphatic heterocycles. The molecule has 154 valence electrons. The predicted molar refractivity (Wildman–Crippen MR) is 123 cm³/mol. The van der Waals surface area contributed by atoms with Crippen molar-refractivity contribution in [1.82, 2.24) is 9.97 Å². The van der Waals surface area contributed by atoms with Gasteiger partial charge in [-0.25, -0.2) is 9.97 Å². The van der Waals surface area contributed by atoms with E-state index in [-0.39, 0.29) is 5.91 Å². The number of pyridine rings is 2. The van der Waals surface area contributed by atoms with E-state index < -0.39 is 0 Å². The van der Waals surface area contributed by atoms with Crippen molar-refractivity contribution >= 4 is 17.4 Å². The number of anilines is 2. The van der Waals surface area contributed by atoms with Crippen LogP contribution in [0.2, 0.25) is 0 Å². The summed E-state index contributed by atoms with van der Waals surface area (Å²) >= 11 is 0. The van der Waals surface area contributed by atoms with E-state index in [2.05, 4.69) is 20.6 Å². The molecule has 0 unspecified atom stereocenters. The number of hydrogen-bond acceptors (Lipinski definition) is 5. The Kier molecular flexibility index (Phi) is 5.89. The number of ether oxygens (including phenoxy) is 1. The van der Waals surface area contributed by atoms with E-state index in [0.29, 0.717) is 17.2 Å². The zero-order valence-corrected chi connectivity index (χ0v) is 17.3. The van der Waals surface area contributed by atoms with E-state index in [1.54, 1.807) is 24.5 Å². The van der Waals surface area contributed by atoms with Gasteiger partial charge in [0.2, 0.25) is 5.88 Å². The van der Waals surface area contributed by atoms with Gasteiger partial charge < -0.3 is 15.4 Å². The van der Waals surface area contributed by atoms with Crippen LogP contribution in [0.25, 0.3) is 11.1 Å². The van der Waals surface area contributed by atoms with Crippen LogP contribution in [0.4, 0.5) is 11.5 Å². The summed E-state index contributed by atoms with van der Waals surface area (Å²) < 4.78 is 6.18. The minimum Gasteiger partial charge on any atom is -0.438 e. The fraction of sp³-hybridized carbons (Fsp3) is 0.0800. The lowest BCUT2D eigenvalue weighted by atomic mass is 10.1. The summed E-state index contributed by atoms with van der Waals surface area (Å²) in [7, 11) is 1.82. The first-order chi connectivity index (χ1) is 15.1. The van der Waals surface area contributed by atoms with E-state index >= 15 is 0 Å². The Morgan fingerprint density at radius 2 is 1.74 bits per heavy atom. The highest BCUT2D eigenvalue weighted by molar-refractivity contribution is 6.04. The van der Waals surface area contributed by atoms with E-state index in [0.717, 1.165) is 28.2 Å². The van der Waals surface area contributed by atoms with Crippen LogP contribution in [-0.2, 0) is 0 Å². The Balaban J connectivity index is 1.63. The first-order valence-electron chi connectivity index (χ1n) is 9.88. The maximum absolute atomic E-state index is 12.7. The van der Waals surface area contributed by atoms with Gasteiger partial charge >= 0.3 is 0 Å². The van der Waals surface area contributed by atoms with Crippen molar-refractivity contribution in [2.24, 2.45) is 0 Å². The smallest absolute Gasteiger partial charge is 0.255 e. The van der Waals surface area contributed by atoms with Gasteiger partial charge in [-0.15, -0.1) is 0 Å². The zero-order valence-electron chi connectivity index (χ0n) is 17.3. The summed E-state index contributed by atoms with van der Waals surface area (Å²) in [5, 5.41) is 5.93. The molecule has 2 aromatic carbocycles. The molecule has 0 aliphatic rings. The molecule has 0 bridgehead atoms. The monoisotopic (exact) mass is 410 g/mol. The largest absolute Gasteiger partial charge is 0.438 e. The quantitative estimate of drug-likeness (QED) is 0.437. The number of nitrogens with one attached hydrogen (secondary N) is 2. The summed E-state index contributed by atoms with van der Waals surface area (Å²) in [5.74, 6) is 1.58. The van der Waals surface area contributed by atoms with Crippen LogP contribution < -0.4 is 15.4 Å². The second-order valence-electron chi connectivity index (χ2n) is 6.94. The van der Waals surface area contributed by atoms with Crippen molar-refractivity contribution in [2.75, 3.05) is 17.7 Å². The number of amides is 1. The summed E-state index contributed by atoms with van der Waals surface area (Å²) in [6.45, 7) is 1.93. The van der Waals surface area contributed by atoms with Gasteiger partial charge in [0.1, 0.15) is 11.6 Å². The van der Waals surface area contributed by atoms with Gasteiger partial charge in [-0.1, -0.05) is 24.3 Å². The first-order valence-corrected chi connectivity index (χ1v) is 9.88. The van der Waals surface area contributed by atoms with Crippen LogP contribution in [-0.4, -0.2) is 22.9 Å². The van der Waals surface area contributed by atoms with Crippen LogP contribution in [0.15, 0.2) is 85.2 Å². The highest BCUT2D eigenvalue weighted by atomic mass is 16.5. The number of benzene rings is 2. The number of aryl methyl sites for hydroxylation is 1. The van der Waals surface area contributed by atoms with Gasteiger partial charge in [0.15, 0.2) is 0 Å². The summed E-state index contributed by atoms with van der Waals surface area (Å²) in [6, 6.07) is 22.4. The second-order valence-corrected chi connectivity index (χ2v) is 6.94. The minimum atomic E-state index is -0.204. The number of rotatable bonds is 6. The van der Waals surface area contributed by atoms with E-state index in [1.165, 1.54) is 0 Å². The average Bonchev–Trinajstić information content (AvgIpc) is 2.81. The molecule has 0 radical (unpaired) electrons. The molecule has 1 amide bonds. The number of carbonyl (C=O) groups is 1. The third-order valence-electron chi connectivity index (χ3n) is 4.79. The summed E-state index contributed by atoms with van der Waals surface area (Å²) in [4.78, 5) is 21.4. The van der Waals surface area contributed by atoms with E-state index in [4.69, 9.17) is 4.74 Å². The lowest BCUT2D eigenvalue weighted by Crippen LogP contribution is -2.12. The maximum Gasteiger partial charge on any atom is 0.255 e. The van der Waals surface area contributed by atoms with Crippen molar-refractivity contribution in [2.45, 2.75) is 6.92 Å². The lowest BCUT2D eigenvalue weighted by Gasteiger charge is -2.13. The molecule has 0 aliphatic carbocycles. The van der Waals surface area contributed by atoms with Crippen LogP contribution in [0.3, 0.4) is 0 Å². The van der Waals surface area contributed by atoms with Crippen molar-refractivity contribution in [1.29, 1.82) is 0 Å². The van der Waals surface area contributed by atoms with Crippen molar-refractivity contribution < 1.29 is 9.53 Å². The van der Waals surface area contributed by atoms with Gasteiger partial charge in [-0.05, 0) is 66.6 Å². The molecule has 0 saturated heterocycles. The third kappa shape index (κ3) is 4.70. The number of nitrogens with zero attached hydrogens (tertiary/aromatic N) is 2. The molecule has 6 heteroatoms. The third-order valence-corrected chi connectivity index (χ3v) is 4.79. The standard InChI is InChI=1S/C25H22N4O2/c1-17-10-11-19(24(30)29-20-7-4-3-5-8-20)15-22(17)31-25-21(9-6-13-28-25)18-12-14-27-23(16-18)26-2/h3-16H,1-2H3,(H,26,27)(H,29,30). The van der Waals surface area contributed by atoms with E-state index in [1.807, 2.05) is 74.6 Å². The highest BCUT2D eigenvalue weighted by Crippen LogP contribution is 2.33. The van der Waals surface area contributed by atoms with E-state index in [9.17, 15) is 4.79 Å². The molecular weight excluding hydrogens is 388 g/mol. The normalized spacial score (nSPS) is 10.4. The molecule has 0 fully saturated rings. The average molecular weight is 410 g/mol. The fourth-order valence-corrected chi connectivity index (χ4v) is 3.11. The van der Waals surface area contributed by atoms with Crippen molar-refractivity contribution in [3.8, 4) is 22.8 Å². The maximum atomic E-state index is 12.7. The van der Waals surface area contributed by atoms with Crippen molar-refractivity contribution in [3.63, 3.8) is 0 Å². The van der Waals surface area contributed by atoms with Gasteiger partial charge in [0, 0.05) is 36.3 Å². The van der Waals surface area contributed by atoms with Gasteiger partial charge in [-0.3, -0.25) is 4.79 Å². The van der Waals surface area contributed by atoms with Crippen LogP contribution in [0.1, 0.15) is 15.9 Å². The zero-order chi connectivity index (χ0) is 21.6. The molecule has 0 saturated carbocycles. The molecule has 4 aromatic rings. The van der Waals surface area contributed by atoms with Gasteiger partial charge in [0.25, 0.3) is 5.91 Å². The molecule has 0 atom stereocenters. The number of para-hydroxylation sites is 1. The van der Waals surface area contributed by atoms with Crippen LogP contribution >= 0.6 is 0 Å². The first kappa shape index (κ1) is 20.1. The Bertz CT molecular complexity index is 1210. The van der Waals surface area contributed by atoms with Crippen LogP contribution in [0.5, 0.6) is 11.6 Å². The van der Waals surface area contributed by atoms with Gasteiger partial charge in [-0.2, -0.15) is 0 Å². The molecular formula is C25H22N4O2. The molecule has 0 spiro atoms. The number of hydrogen-bond donors (Lipinski definition) is 2. The second kappa shape index (κ2) is 9.09. The molecule has 6 nitrogen and oxygen atoms in total. The predicted octanol–water partition coefficient (Wildman–Crippen LogP) is 5.54. The molecule has 31 heavy (non-hydrogen) atoms. The Hall–Kier alpha value is -4.19. The Morgan fingerprint density at radius 1 is 0.903 bits per heavy atom. The molecule has 4 rings (SSSR count). The topological polar surface area (TPSA) is 76.1 Å².